The SMILES string of the molecule is Cn1ncnc1Sc1ccc(CN)c2ccccc12. The van der Waals surface area contributed by atoms with Gasteiger partial charge in [0, 0.05) is 18.5 Å². The summed E-state index contributed by atoms with van der Waals surface area (Å²) in [6.45, 7) is 0.551. The van der Waals surface area contributed by atoms with Gasteiger partial charge in [-0.15, -0.1) is 0 Å². The fraction of sp³-hybridized carbons (Fsp3) is 0.143. The highest BCUT2D eigenvalue weighted by atomic mass is 32.2. The van der Waals surface area contributed by atoms with Gasteiger partial charge in [-0.25, -0.2) is 9.67 Å². The number of fused-ring (bicyclic) bond motifs is 1. The first-order valence-corrected chi connectivity index (χ1v) is 6.84. The van der Waals surface area contributed by atoms with E-state index in [1.165, 1.54) is 15.7 Å². The molecule has 0 spiro atoms. The van der Waals surface area contributed by atoms with Crippen LogP contribution in [0.1, 0.15) is 5.56 Å². The van der Waals surface area contributed by atoms with Crippen molar-refractivity contribution < 1.29 is 0 Å². The molecule has 0 saturated heterocycles. The van der Waals surface area contributed by atoms with E-state index >= 15 is 0 Å². The number of rotatable bonds is 3. The van der Waals surface area contributed by atoms with Gasteiger partial charge in [0.2, 0.25) is 0 Å². The Bertz CT molecular complexity index is 720. The van der Waals surface area contributed by atoms with Crippen LogP contribution in [0, 0.1) is 0 Å². The van der Waals surface area contributed by atoms with Crippen LogP contribution < -0.4 is 5.73 Å². The summed E-state index contributed by atoms with van der Waals surface area (Å²) in [7, 11) is 1.89. The van der Waals surface area contributed by atoms with Gasteiger partial charge in [-0.05, 0) is 34.2 Å². The van der Waals surface area contributed by atoms with E-state index in [1.807, 2.05) is 19.2 Å². The van der Waals surface area contributed by atoms with E-state index in [-0.39, 0.29) is 0 Å². The maximum absolute atomic E-state index is 5.79. The van der Waals surface area contributed by atoms with Crippen LogP contribution >= 0.6 is 11.8 Å². The van der Waals surface area contributed by atoms with E-state index in [9.17, 15) is 0 Å². The van der Waals surface area contributed by atoms with Gasteiger partial charge < -0.3 is 5.73 Å². The van der Waals surface area contributed by atoms with Gasteiger partial charge in [-0.2, -0.15) is 5.10 Å². The van der Waals surface area contributed by atoms with Crippen LogP contribution in [0.15, 0.2) is 52.8 Å². The third kappa shape index (κ3) is 2.22. The highest BCUT2D eigenvalue weighted by molar-refractivity contribution is 7.99. The molecule has 0 radical (unpaired) electrons. The fourth-order valence-electron chi connectivity index (χ4n) is 2.08. The Morgan fingerprint density at radius 2 is 1.95 bits per heavy atom. The number of benzene rings is 2. The number of aryl methyl sites for hydroxylation is 1. The molecule has 0 saturated carbocycles. The summed E-state index contributed by atoms with van der Waals surface area (Å²) in [5.74, 6) is 0. The van der Waals surface area contributed by atoms with E-state index in [2.05, 4.69) is 34.3 Å². The highest BCUT2D eigenvalue weighted by Gasteiger charge is 2.09. The zero-order valence-electron chi connectivity index (χ0n) is 10.6. The van der Waals surface area contributed by atoms with Crippen molar-refractivity contribution in [3.05, 3.63) is 48.3 Å². The first kappa shape index (κ1) is 12.2. The average Bonchev–Trinajstić information content (AvgIpc) is 2.85. The standard InChI is InChI=1S/C14H14N4S/c1-18-14(16-9-17-18)19-13-7-6-10(8-15)11-4-2-3-5-12(11)13/h2-7,9H,8,15H2,1H3. The van der Waals surface area contributed by atoms with Crippen LogP contribution in [-0.4, -0.2) is 14.8 Å². The summed E-state index contributed by atoms with van der Waals surface area (Å²) < 4.78 is 1.77. The molecule has 0 unspecified atom stereocenters. The second-order valence-electron chi connectivity index (χ2n) is 4.24. The minimum absolute atomic E-state index is 0.551. The van der Waals surface area contributed by atoms with Crippen LogP contribution in [0.2, 0.25) is 0 Å². The summed E-state index contributed by atoms with van der Waals surface area (Å²) >= 11 is 1.62. The first-order chi connectivity index (χ1) is 9.29. The van der Waals surface area contributed by atoms with Gasteiger partial charge in [0.1, 0.15) is 6.33 Å². The van der Waals surface area contributed by atoms with Gasteiger partial charge in [-0.1, -0.05) is 30.3 Å². The van der Waals surface area contributed by atoms with Crippen LogP contribution in [0.5, 0.6) is 0 Å². The molecule has 96 valence electrons. The van der Waals surface area contributed by atoms with Crippen LogP contribution in [0.3, 0.4) is 0 Å². The zero-order valence-corrected chi connectivity index (χ0v) is 11.4. The number of hydrogen-bond donors (Lipinski definition) is 1. The molecule has 5 heteroatoms. The molecule has 4 nitrogen and oxygen atoms in total. The molecule has 2 N–H and O–H groups in total. The van der Waals surface area contributed by atoms with Crippen molar-refractivity contribution in [3.8, 4) is 0 Å². The molecule has 0 fully saturated rings. The van der Waals surface area contributed by atoms with Crippen molar-refractivity contribution in [2.24, 2.45) is 12.8 Å². The Morgan fingerprint density at radius 1 is 1.16 bits per heavy atom. The summed E-state index contributed by atoms with van der Waals surface area (Å²) in [6.07, 6.45) is 1.57. The molecular formula is C14H14N4S. The molecule has 0 aliphatic rings. The number of aromatic nitrogens is 3. The topological polar surface area (TPSA) is 56.7 Å². The maximum atomic E-state index is 5.79. The molecule has 0 aliphatic carbocycles. The molecular weight excluding hydrogens is 256 g/mol. The monoisotopic (exact) mass is 270 g/mol. The molecule has 1 heterocycles. The van der Waals surface area contributed by atoms with E-state index in [1.54, 1.807) is 22.8 Å². The quantitative estimate of drug-likeness (QED) is 0.794. The molecule has 0 aliphatic heterocycles. The van der Waals surface area contributed by atoms with Crippen molar-refractivity contribution in [2.75, 3.05) is 0 Å². The Hall–Kier alpha value is -1.85. The largest absolute Gasteiger partial charge is 0.326 e. The maximum Gasteiger partial charge on any atom is 0.190 e. The lowest BCUT2D eigenvalue weighted by Gasteiger charge is -2.09. The Morgan fingerprint density at radius 3 is 2.63 bits per heavy atom. The fourth-order valence-corrected chi connectivity index (χ4v) is 2.98. The molecule has 1 aromatic heterocycles. The number of hydrogen-bond acceptors (Lipinski definition) is 4. The lowest BCUT2D eigenvalue weighted by molar-refractivity contribution is 0.685. The van der Waals surface area contributed by atoms with E-state index in [0.29, 0.717) is 6.54 Å². The van der Waals surface area contributed by atoms with Crippen molar-refractivity contribution in [2.45, 2.75) is 16.6 Å². The predicted molar refractivity (Wildman–Crippen MR) is 77.0 cm³/mol. The second-order valence-corrected chi connectivity index (χ2v) is 5.25. The predicted octanol–water partition coefficient (Wildman–Crippen LogP) is 2.58. The van der Waals surface area contributed by atoms with Crippen molar-refractivity contribution in [3.63, 3.8) is 0 Å². The molecule has 3 rings (SSSR count). The second kappa shape index (κ2) is 5.03. The molecule has 19 heavy (non-hydrogen) atoms. The number of nitrogens with zero attached hydrogens (tertiary/aromatic N) is 3. The Kier molecular flexibility index (Phi) is 3.23. The first-order valence-electron chi connectivity index (χ1n) is 6.02. The summed E-state index contributed by atoms with van der Waals surface area (Å²) in [4.78, 5) is 5.42. The third-order valence-electron chi connectivity index (χ3n) is 3.07. The highest BCUT2D eigenvalue weighted by Crippen LogP contribution is 2.33. The van der Waals surface area contributed by atoms with E-state index in [4.69, 9.17) is 5.73 Å². The van der Waals surface area contributed by atoms with Crippen molar-refractivity contribution in [1.29, 1.82) is 0 Å². The summed E-state index contributed by atoms with van der Waals surface area (Å²) in [5.41, 5.74) is 6.96. The average molecular weight is 270 g/mol. The third-order valence-corrected chi connectivity index (χ3v) is 4.19. The number of nitrogens with two attached hydrogens (primary N) is 1. The molecule has 0 atom stereocenters. The summed E-state index contributed by atoms with van der Waals surface area (Å²) in [6, 6.07) is 12.5. The normalized spacial score (nSPS) is 11.1. The zero-order chi connectivity index (χ0) is 13.2. The van der Waals surface area contributed by atoms with Crippen molar-refractivity contribution in [1.82, 2.24) is 14.8 Å². The molecule has 2 aromatic carbocycles. The van der Waals surface area contributed by atoms with Crippen LogP contribution in [0.25, 0.3) is 10.8 Å². The molecule has 0 amide bonds. The lowest BCUT2D eigenvalue weighted by Crippen LogP contribution is -1.98. The van der Waals surface area contributed by atoms with Crippen LogP contribution in [-0.2, 0) is 13.6 Å². The van der Waals surface area contributed by atoms with Gasteiger partial charge in [-0.3, -0.25) is 0 Å². The van der Waals surface area contributed by atoms with Gasteiger partial charge in [0.25, 0.3) is 0 Å². The molecule has 3 aromatic rings. The van der Waals surface area contributed by atoms with E-state index < -0.39 is 0 Å². The van der Waals surface area contributed by atoms with Gasteiger partial charge >= 0.3 is 0 Å². The molecule has 0 bridgehead atoms. The van der Waals surface area contributed by atoms with Crippen LogP contribution in [0.4, 0.5) is 0 Å². The van der Waals surface area contributed by atoms with Crippen molar-refractivity contribution >= 4 is 22.5 Å². The lowest BCUT2D eigenvalue weighted by atomic mass is 10.0. The smallest absolute Gasteiger partial charge is 0.190 e. The minimum Gasteiger partial charge on any atom is -0.326 e. The Balaban J connectivity index is 2.12. The van der Waals surface area contributed by atoms with Gasteiger partial charge in [0.05, 0.1) is 0 Å². The summed E-state index contributed by atoms with van der Waals surface area (Å²) in [5, 5.41) is 7.38. The van der Waals surface area contributed by atoms with E-state index in [0.717, 1.165) is 10.7 Å². The Labute approximate surface area is 115 Å². The van der Waals surface area contributed by atoms with Gasteiger partial charge in [0.15, 0.2) is 5.16 Å². The minimum atomic E-state index is 0.551.